The van der Waals surface area contributed by atoms with Crippen LogP contribution in [0.15, 0.2) is 0 Å². The Bertz CT molecular complexity index is 1730. The lowest BCUT2D eigenvalue weighted by molar-refractivity contribution is -0.124. The topological polar surface area (TPSA) is 542 Å². The summed E-state index contributed by atoms with van der Waals surface area (Å²) < 4.78 is 0. The molecule has 96 heavy (non-hydrogen) atoms. The number of nitrogens with two attached hydrogens (primary N) is 13. The first-order valence-electron chi connectivity index (χ1n) is 36.3. The highest BCUT2D eigenvalue weighted by Crippen LogP contribution is 2.29. The Kier molecular flexibility index (Phi) is 72.7. The maximum absolute atomic E-state index is 11.3. The van der Waals surface area contributed by atoms with Gasteiger partial charge in [-0.05, 0) is 159 Å². The van der Waals surface area contributed by atoms with E-state index in [1.165, 1.54) is 19.3 Å². The molecule has 1 aliphatic carbocycles. The molecular formula is C69H156N20O7. The molecule has 1 saturated carbocycles. The molecule has 1 rings (SSSR count). The van der Waals surface area contributed by atoms with Gasteiger partial charge in [-0.2, -0.15) is 0 Å². The molecule has 0 aromatic heterocycles. The monoisotopic (exact) mass is 1380 g/mol. The van der Waals surface area contributed by atoms with Crippen LogP contribution in [0, 0.1) is 59.2 Å². The number of hydrogen-bond acceptors (Lipinski definition) is 20. The first kappa shape index (κ1) is 103. The molecule has 27 nitrogen and oxygen atoms in total. The molecule has 1 unspecified atom stereocenters. The number of carbonyl (C=O) groups excluding carboxylic acids is 7. The number of hydrogen-bond donors (Lipinski definition) is 20. The van der Waals surface area contributed by atoms with Gasteiger partial charge in [0.15, 0.2) is 0 Å². The molecule has 0 aromatic carbocycles. The van der Waals surface area contributed by atoms with E-state index < -0.39 is 0 Å². The molecule has 33 N–H and O–H groups in total. The Labute approximate surface area is 584 Å². The average Bonchev–Trinajstić information content (AvgIpc) is 2.27. The predicted molar refractivity (Wildman–Crippen MR) is 401 cm³/mol. The van der Waals surface area contributed by atoms with Crippen molar-refractivity contribution in [2.75, 3.05) is 85.1 Å². The molecule has 0 heterocycles. The van der Waals surface area contributed by atoms with Crippen molar-refractivity contribution in [1.82, 2.24) is 37.2 Å². The lowest BCUT2D eigenvalue weighted by Gasteiger charge is -2.19. The number of nitrogens with one attached hydrogen (secondary N) is 7. The van der Waals surface area contributed by atoms with Crippen LogP contribution >= 0.6 is 0 Å². The fraction of sp³-hybridized carbons (Fsp3) is 0.899. The lowest BCUT2D eigenvalue weighted by atomic mass is 9.98. The summed E-state index contributed by atoms with van der Waals surface area (Å²) >= 11 is 0. The first-order chi connectivity index (χ1) is 44.8. The van der Waals surface area contributed by atoms with Crippen molar-refractivity contribution in [1.29, 1.82) is 0 Å². The van der Waals surface area contributed by atoms with Crippen LogP contribution in [-0.4, -0.2) is 169 Å². The smallest absolute Gasteiger partial charge is 0.222 e. The van der Waals surface area contributed by atoms with Gasteiger partial charge < -0.3 is 112 Å². The molecule has 27 heteroatoms. The minimum atomic E-state index is 0.00694. The maximum Gasteiger partial charge on any atom is 0.222 e. The molecule has 1 aliphatic rings. The number of rotatable bonds is 42. The van der Waals surface area contributed by atoms with E-state index in [1.807, 2.05) is 96.9 Å². The van der Waals surface area contributed by atoms with Crippen molar-refractivity contribution < 1.29 is 33.6 Å². The van der Waals surface area contributed by atoms with Gasteiger partial charge >= 0.3 is 0 Å². The standard InChI is InChI=1S/C12H27N3O.C11H22N2O.C10H23N3O.4C9H21N3O/c1-8(2)11(14)6-5-10(13)7-15-12(16)9(3)4;1-8(2)11(14)13-7-10-4-3-9(5-10)6-12;1-8(2)6-10(14)13-7-9(12)4-3-5-11;4*1-7(2)9(13)12-6-8(11)4-3-5-10/h8-11H,5-7,13-14H2,1-4H3,(H,15,16);8-10H,3-7,12H2,1-2H3,(H,13,14);8-9H,3-7,11-12H2,1-2H3,(H,13,14);4*7-8H,3-6,10-11H2,1-2H3,(H,12,13)/t10-,11?;9-,10+;9-;4*8-/m0101100/s1. The molecule has 0 spiro atoms. The van der Waals surface area contributed by atoms with Crippen molar-refractivity contribution in [3.63, 3.8) is 0 Å². The van der Waals surface area contributed by atoms with Crippen molar-refractivity contribution >= 4 is 41.4 Å². The minimum absolute atomic E-state index is 0.00694. The van der Waals surface area contributed by atoms with Gasteiger partial charge in [0.1, 0.15) is 0 Å². The summed E-state index contributed by atoms with van der Waals surface area (Å²) in [6.45, 7) is 39.0. The zero-order valence-electron chi connectivity index (χ0n) is 63.7. The van der Waals surface area contributed by atoms with Crippen molar-refractivity contribution in [3.8, 4) is 0 Å². The highest BCUT2D eigenvalue weighted by molar-refractivity contribution is 5.80. The molecule has 0 aromatic rings. The Morgan fingerprint density at radius 2 is 0.562 bits per heavy atom. The molecule has 1 fully saturated rings. The van der Waals surface area contributed by atoms with Gasteiger partial charge in [-0.3, -0.25) is 33.6 Å². The Hall–Kier alpha value is -4.23. The molecular weight excluding hydrogens is 1220 g/mol. The summed E-state index contributed by atoms with van der Waals surface area (Å²) in [5, 5.41) is 19.8. The van der Waals surface area contributed by atoms with Gasteiger partial charge in [-0.15, -0.1) is 0 Å². The Morgan fingerprint density at radius 1 is 0.323 bits per heavy atom. The summed E-state index contributed by atoms with van der Waals surface area (Å²) in [6, 6.07) is 0.379. The van der Waals surface area contributed by atoms with Gasteiger partial charge in [0.2, 0.25) is 41.4 Å². The van der Waals surface area contributed by atoms with Gasteiger partial charge in [0, 0.05) is 130 Å². The van der Waals surface area contributed by atoms with Crippen LogP contribution in [0.1, 0.15) is 214 Å². The molecule has 574 valence electrons. The van der Waals surface area contributed by atoms with Gasteiger partial charge in [-0.25, -0.2) is 0 Å². The second-order valence-corrected chi connectivity index (χ2v) is 28.3. The Morgan fingerprint density at radius 3 is 0.781 bits per heavy atom. The fourth-order valence-corrected chi connectivity index (χ4v) is 8.15. The normalized spacial score (nSPS) is 15.4. The maximum atomic E-state index is 11.3. The zero-order valence-corrected chi connectivity index (χ0v) is 63.7. The van der Waals surface area contributed by atoms with Crippen molar-refractivity contribution in [2.24, 2.45) is 134 Å². The third kappa shape index (κ3) is 72.5. The molecule has 7 amide bonds. The second kappa shape index (κ2) is 67.9. The summed E-state index contributed by atoms with van der Waals surface area (Å²) in [6.07, 6.45) is 14.9. The second-order valence-electron chi connectivity index (χ2n) is 28.3. The van der Waals surface area contributed by atoms with Gasteiger partial charge in [0.05, 0.1) is 0 Å². The van der Waals surface area contributed by atoms with E-state index in [9.17, 15) is 33.6 Å². The zero-order chi connectivity index (χ0) is 75.3. The highest BCUT2D eigenvalue weighted by atomic mass is 16.2. The summed E-state index contributed by atoms with van der Waals surface area (Å²) in [4.78, 5) is 78.4. The van der Waals surface area contributed by atoms with Gasteiger partial charge in [-0.1, -0.05) is 111 Å². The minimum Gasteiger partial charge on any atom is -0.356 e. The van der Waals surface area contributed by atoms with Crippen LogP contribution in [0.2, 0.25) is 0 Å². The Balaban J connectivity index is -0.000000246. The first-order valence-corrected chi connectivity index (χ1v) is 36.3. The predicted octanol–water partition coefficient (Wildman–Crippen LogP) is 1.50. The van der Waals surface area contributed by atoms with E-state index in [2.05, 4.69) is 51.1 Å². The summed E-state index contributed by atoms with van der Waals surface area (Å²) in [7, 11) is 0. The van der Waals surface area contributed by atoms with E-state index >= 15 is 0 Å². The largest absolute Gasteiger partial charge is 0.356 e. The lowest BCUT2D eigenvalue weighted by Crippen LogP contribution is -2.40. The highest BCUT2D eigenvalue weighted by Gasteiger charge is 2.24. The molecule has 0 saturated heterocycles. The SMILES string of the molecule is CC(C)C(=O)NC[C@@H](N)CCC(N)C(C)C.CC(C)C(=O)NC[C@@H](N)CCCN.CC(C)C(=O)NC[C@@H](N)CCCN.CC(C)C(=O)NC[C@H](N)CCCN.CC(C)C(=O)NC[C@H](N)CCCN.CC(C)C(=O)NC[C@H]1CC[C@@H](CN)C1.CC(C)CC(=O)NC[C@@H](N)CCCN. The summed E-state index contributed by atoms with van der Waals surface area (Å²) in [5.41, 5.74) is 72.9. The van der Waals surface area contributed by atoms with E-state index in [-0.39, 0.29) is 119 Å². The third-order valence-corrected chi connectivity index (χ3v) is 15.2. The number of carbonyl (C=O) groups is 7. The molecule has 9 atom stereocenters. The quantitative estimate of drug-likeness (QED) is 0.0412. The van der Waals surface area contributed by atoms with E-state index in [1.54, 1.807) is 0 Å². The molecule has 0 bridgehead atoms. The van der Waals surface area contributed by atoms with Crippen LogP contribution < -0.4 is 112 Å². The van der Waals surface area contributed by atoms with Gasteiger partial charge in [0.25, 0.3) is 0 Å². The average molecular weight is 1380 g/mol. The molecule has 0 radical (unpaired) electrons. The number of amides is 7. The van der Waals surface area contributed by atoms with Crippen LogP contribution in [0.25, 0.3) is 0 Å². The van der Waals surface area contributed by atoms with Crippen molar-refractivity contribution in [2.45, 2.75) is 256 Å². The van der Waals surface area contributed by atoms with E-state index in [4.69, 9.17) is 74.5 Å². The van der Waals surface area contributed by atoms with Crippen LogP contribution in [0.5, 0.6) is 0 Å². The van der Waals surface area contributed by atoms with Crippen LogP contribution in [-0.2, 0) is 33.6 Å². The van der Waals surface area contributed by atoms with E-state index in [0.717, 1.165) is 90.1 Å². The fourth-order valence-electron chi connectivity index (χ4n) is 8.15. The summed E-state index contributed by atoms with van der Waals surface area (Å²) in [5.74, 6) is 3.01. The van der Waals surface area contributed by atoms with E-state index in [0.29, 0.717) is 102 Å². The van der Waals surface area contributed by atoms with Crippen LogP contribution in [0.4, 0.5) is 0 Å². The third-order valence-electron chi connectivity index (χ3n) is 15.2. The molecule has 0 aliphatic heterocycles. The van der Waals surface area contributed by atoms with Crippen LogP contribution in [0.3, 0.4) is 0 Å². The van der Waals surface area contributed by atoms with Crippen molar-refractivity contribution in [3.05, 3.63) is 0 Å².